The molecule has 2 aromatic rings. The molecule has 0 aromatic heterocycles. The summed E-state index contributed by atoms with van der Waals surface area (Å²) in [5.41, 5.74) is 4.04. The van der Waals surface area contributed by atoms with E-state index in [9.17, 15) is 14.7 Å². The lowest BCUT2D eigenvalue weighted by atomic mass is 10.2. The number of aromatic hydroxyl groups is 1. The number of carbonyl (C=O) groups is 2. The summed E-state index contributed by atoms with van der Waals surface area (Å²) in [6.07, 6.45) is 1.43. The highest BCUT2D eigenvalue weighted by molar-refractivity contribution is 9.10. The van der Waals surface area contributed by atoms with E-state index in [1.807, 2.05) is 0 Å². The zero-order valence-corrected chi connectivity index (χ0v) is 15.1. The minimum Gasteiger partial charge on any atom is -0.503 e. The third-order valence-electron chi connectivity index (χ3n) is 3.12. The number of amides is 2. The maximum Gasteiger partial charge on any atom is 0.271 e. The highest BCUT2D eigenvalue weighted by atomic mass is 79.9. The summed E-state index contributed by atoms with van der Waals surface area (Å²) in [4.78, 5) is 23.0. The summed E-state index contributed by atoms with van der Waals surface area (Å²) in [6, 6.07) is 9.63. The number of nitrogens with zero attached hydrogens (tertiary/aromatic N) is 1. The number of halogens is 1. The van der Waals surface area contributed by atoms with Crippen molar-refractivity contribution in [2.24, 2.45) is 5.10 Å². The van der Waals surface area contributed by atoms with Crippen LogP contribution in [0.1, 0.15) is 22.8 Å². The van der Waals surface area contributed by atoms with Gasteiger partial charge in [0.2, 0.25) is 5.91 Å². The third-order valence-corrected chi connectivity index (χ3v) is 3.72. The highest BCUT2D eigenvalue weighted by Crippen LogP contribution is 2.34. The van der Waals surface area contributed by atoms with E-state index < -0.39 is 5.91 Å². The Morgan fingerprint density at radius 1 is 1.24 bits per heavy atom. The number of methoxy groups -OCH3 is 1. The molecule has 0 aliphatic rings. The Balaban J connectivity index is 2.03. The summed E-state index contributed by atoms with van der Waals surface area (Å²) in [6.45, 7) is 1.41. The van der Waals surface area contributed by atoms with Gasteiger partial charge in [-0.15, -0.1) is 0 Å². The van der Waals surface area contributed by atoms with Crippen LogP contribution in [-0.2, 0) is 4.79 Å². The number of benzene rings is 2. The van der Waals surface area contributed by atoms with Crippen LogP contribution >= 0.6 is 15.9 Å². The smallest absolute Gasteiger partial charge is 0.271 e. The van der Waals surface area contributed by atoms with Gasteiger partial charge >= 0.3 is 0 Å². The third kappa shape index (κ3) is 5.05. The lowest BCUT2D eigenvalue weighted by molar-refractivity contribution is -0.114. The fourth-order valence-electron chi connectivity index (χ4n) is 1.96. The number of ether oxygens (including phenoxy) is 1. The van der Waals surface area contributed by atoms with Crippen molar-refractivity contribution in [2.45, 2.75) is 6.92 Å². The van der Waals surface area contributed by atoms with Gasteiger partial charge in [0.25, 0.3) is 5.91 Å². The van der Waals surface area contributed by atoms with Gasteiger partial charge < -0.3 is 15.2 Å². The van der Waals surface area contributed by atoms with E-state index in [1.54, 1.807) is 36.4 Å². The predicted octanol–water partition coefficient (Wildman–Crippen LogP) is 2.89. The van der Waals surface area contributed by atoms with Crippen molar-refractivity contribution in [1.82, 2.24) is 5.43 Å². The first-order chi connectivity index (χ1) is 11.9. The Morgan fingerprint density at radius 3 is 2.52 bits per heavy atom. The molecule has 2 rings (SSSR count). The molecule has 0 atom stereocenters. The van der Waals surface area contributed by atoms with Crippen LogP contribution in [0.25, 0.3) is 0 Å². The number of hydrogen-bond donors (Lipinski definition) is 3. The Bertz CT molecular complexity index is 819. The molecule has 0 heterocycles. The van der Waals surface area contributed by atoms with Crippen LogP contribution in [-0.4, -0.2) is 30.2 Å². The quantitative estimate of drug-likeness (QED) is 0.525. The molecule has 25 heavy (non-hydrogen) atoms. The molecule has 0 spiro atoms. The molecule has 2 amide bonds. The molecule has 0 saturated carbocycles. The van der Waals surface area contributed by atoms with E-state index >= 15 is 0 Å². The van der Waals surface area contributed by atoms with Crippen LogP contribution in [0.5, 0.6) is 11.5 Å². The van der Waals surface area contributed by atoms with Crippen molar-refractivity contribution >= 4 is 39.6 Å². The van der Waals surface area contributed by atoms with Crippen molar-refractivity contribution in [2.75, 3.05) is 12.4 Å². The zero-order chi connectivity index (χ0) is 18.4. The summed E-state index contributed by atoms with van der Waals surface area (Å²) < 4.78 is 5.49. The Morgan fingerprint density at radius 2 is 1.92 bits per heavy atom. The van der Waals surface area contributed by atoms with Crippen molar-refractivity contribution < 1.29 is 19.4 Å². The number of nitrogens with one attached hydrogen (secondary N) is 2. The standard InChI is InChI=1S/C17H16BrN3O4/c1-10(22)20-13-5-3-12(4-6-13)17(24)21-19-9-11-7-14(18)16(23)15(8-11)25-2/h3-9,23H,1-2H3,(H,20,22)(H,21,24). The second-order valence-electron chi connectivity index (χ2n) is 5.01. The van der Waals surface area contributed by atoms with E-state index in [0.717, 1.165) is 0 Å². The Labute approximate surface area is 152 Å². The molecule has 0 saturated heterocycles. The number of rotatable bonds is 5. The number of hydrogen-bond acceptors (Lipinski definition) is 5. The maximum atomic E-state index is 12.0. The summed E-state index contributed by atoms with van der Waals surface area (Å²) in [5, 5.41) is 16.3. The molecule has 130 valence electrons. The van der Waals surface area contributed by atoms with Gasteiger partial charge in [-0.25, -0.2) is 5.43 Å². The molecule has 0 bridgehead atoms. The second-order valence-corrected chi connectivity index (χ2v) is 5.87. The Kier molecular flexibility index (Phi) is 6.13. The average Bonchev–Trinajstić information content (AvgIpc) is 2.57. The van der Waals surface area contributed by atoms with Crippen LogP contribution in [0.3, 0.4) is 0 Å². The molecule has 0 aliphatic carbocycles. The molecule has 0 unspecified atom stereocenters. The molecule has 0 radical (unpaired) electrons. The molecular formula is C17H16BrN3O4. The monoisotopic (exact) mass is 405 g/mol. The van der Waals surface area contributed by atoms with Gasteiger partial charge in [0, 0.05) is 18.2 Å². The number of phenols is 1. The molecule has 8 heteroatoms. The van der Waals surface area contributed by atoms with Crippen molar-refractivity contribution in [3.05, 3.63) is 52.0 Å². The van der Waals surface area contributed by atoms with Gasteiger partial charge in [-0.05, 0) is 57.9 Å². The highest BCUT2D eigenvalue weighted by Gasteiger charge is 2.08. The van der Waals surface area contributed by atoms with Gasteiger partial charge in [0.1, 0.15) is 0 Å². The van der Waals surface area contributed by atoms with Gasteiger partial charge in [0.05, 0.1) is 17.8 Å². The molecule has 0 fully saturated rings. The first-order valence-electron chi connectivity index (χ1n) is 7.18. The average molecular weight is 406 g/mol. The van der Waals surface area contributed by atoms with Gasteiger partial charge in [-0.1, -0.05) is 0 Å². The SMILES string of the molecule is COc1cc(C=NNC(=O)c2ccc(NC(C)=O)cc2)cc(Br)c1O. The van der Waals surface area contributed by atoms with Crippen LogP contribution < -0.4 is 15.5 Å². The lowest BCUT2D eigenvalue weighted by Gasteiger charge is -2.06. The second kappa shape index (κ2) is 8.29. The molecular weight excluding hydrogens is 390 g/mol. The number of phenolic OH excluding ortho intramolecular Hbond substituents is 1. The fourth-order valence-corrected chi connectivity index (χ4v) is 2.42. The lowest BCUT2D eigenvalue weighted by Crippen LogP contribution is -2.17. The largest absolute Gasteiger partial charge is 0.503 e. The molecule has 7 nitrogen and oxygen atoms in total. The predicted molar refractivity (Wildman–Crippen MR) is 98.2 cm³/mol. The summed E-state index contributed by atoms with van der Waals surface area (Å²) in [5.74, 6) is -0.300. The van der Waals surface area contributed by atoms with E-state index in [2.05, 4.69) is 31.8 Å². The fraction of sp³-hybridized carbons (Fsp3) is 0.118. The van der Waals surface area contributed by atoms with Gasteiger partial charge in [-0.2, -0.15) is 5.10 Å². The van der Waals surface area contributed by atoms with Crippen LogP contribution in [0, 0.1) is 0 Å². The normalized spacial score (nSPS) is 10.5. The van der Waals surface area contributed by atoms with E-state index in [-0.39, 0.29) is 17.4 Å². The zero-order valence-electron chi connectivity index (χ0n) is 13.5. The minimum atomic E-state index is -0.393. The molecule has 3 N–H and O–H groups in total. The number of anilines is 1. The van der Waals surface area contributed by atoms with Gasteiger partial charge in [-0.3, -0.25) is 9.59 Å². The number of hydrazone groups is 1. The van der Waals surface area contributed by atoms with Crippen LogP contribution in [0.2, 0.25) is 0 Å². The first-order valence-corrected chi connectivity index (χ1v) is 7.97. The maximum absolute atomic E-state index is 12.0. The van der Waals surface area contributed by atoms with Crippen LogP contribution in [0.4, 0.5) is 5.69 Å². The van der Waals surface area contributed by atoms with Crippen molar-refractivity contribution in [1.29, 1.82) is 0 Å². The minimum absolute atomic E-state index is 0.0112. The van der Waals surface area contributed by atoms with Gasteiger partial charge in [0.15, 0.2) is 11.5 Å². The van der Waals surface area contributed by atoms with Crippen molar-refractivity contribution in [3.63, 3.8) is 0 Å². The molecule has 0 aliphatic heterocycles. The van der Waals surface area contributed by atoms with E-state index in [1.165, 1.54) is 20.2 Å². The summed E-state index contributed by atoms with van der Waals surface area (Å²) in [7, 11) is 1.44. The first kappa shape index (κ1) is 18.5. The molecule has 2 aromatic carbocycles. The van der Waals surface area contributed by atoms with E-state index in [0.29, 0.717) is 21.3 Å². The topological polar surface area (TPSA) is 100 Å². The van der Waals surface area contributed by atoms with E-state index in [4.69, 9.17) is 4.74 Å². The van der Waals surface area contributed by atoms with Crippen molar-refractivity contribution in [3.8, 4) is 11.5 Å². The summed E-state index contributed by atoms with van der Waals surface area (Å²) >= 11 is 3.21. The van der Waals surface area contributed by atoms with Crippen LogP contribution in [0.15, 0.2) is 46.0 Å². The Hall–Kier alpha value is -2.87. The number of carbonyl (C=O) groups excluding carboxylic acids is 2.